The van der Waals surface area contributed by atoms with Gasteiger partial charge in [-0.3, -0.25) is 14.9 Å². The molecule has 2 aromatic rings. The highest BCUT2D eigenvalue weighted by Gasteiger charge is 2.22. The number of piperazine rings is 1. The van der Waals surface area contributed by atoms with E-state index >= 15 is 0 Å². The van der Waals surface area contributed by atoms with Gasteiger partial charge in [-0.1, -0.05) is 15.9 Å². The fourth-order valence-corrected chi connectivity index (χ4v) is 4.25. The maximum Gasteiger partial charge on any atom is 0.287 e. The number of rotatable bonds is 5. The minimum Gasteiger partial charge on any atom is -0.353 e. The van der Waals surface area contributed by atoms with Gasteiger partial charge in [-0.15, -0.1) is 11.8 Å². The van der Waals surface area contributed by atoms with Gasteiger partial charge in [0.05, 0.1) is 10.7 Å². The maximum atomic E-state index is 12.5. The molecule has 1 aromatic heterocycles. The quantitative estimate of drug-likeness (QED) is 0.393. The van der Waals surface area contributed by atoms with Gasteiger partial charge in [0.2, 0.25) is 5.91 Å². The molecule has 0 bridgehead atoms. The molecule has 1 aromatic carbocycles. The number of hydrogen-bond acceptors (Lipinski definition) is 6. The number of carbonyl (C=O) groups excluding carboxylic acids is 1. The largest absolute Gasteiger partial charge is 0.353 e. The molecule has 0 saturated carbocycles. The average molecular weight is 451 g/mol. The van der Waals surface area contributed by atoms with E-state index in [0.29, 0.717) is 37.7 Å². The molecule has 27 heavy (non-hydrogen) atoms. The number of aryl methyl sites for hydroxylation is 1. The van der Waals surface area contributed by atoms with Gasteiger partial charge in [-0.25, -0.2) is 4.98 Å². The van der Waals surface area contributed by atoms with Gasteiger partial charge in [0.25, 0.3) is 5.69 Å². The Labute approximate surface area is 170 Å². The molecule has 0 unspecified atom stereocenters. The van der Waals surface area contributed by atoms with Gasteiger partial charge in [0.1, 0.15) is 12.0 Å². The van der Waals surface area contributed by atoms with E-state index in [9.17, 15) is 14.9 Å². The van der Waals surface area contributed by atoms with Gasteiger partial charge >= 0.3 is 0 Å². The third kappa shape index (κ3) is 4.98. The first-order valence-electron chi connectivity index (χ1n) is 8.46. The minimum atomic E-state index is -0.460. The molecule has 2 heterocycles. The van der Waals surface area contributed by atoms with E-state index in [2.05, 4.69) is 20.9 Å². The number of hydrogen-bond donors (Lipinski definition) is 0. The zero-order chi connectivity index (χ0) is 19.4. The number of carbonyl (C=O) groups is 1. The highest BCUT2D eigenvalue weighted by atomic mass is 79.9. The fraction of sp³-hybridized carbons (Fsp3) is 0.333. The first-order chi connectivity index (χ1) is 12.9. The molecule has 1 fully saturated rings. The Hall–Kier alpha value is -2.13. The summed E-state index contributed by atoms with van der Waals surface area (Å²) in [4.78, 5) is 31.9. The molecule has 1 aliphatic heterocycles. The van der Waals surface area contributed by atoms with Crippen LogP contribution >= 0.6 is 27.7 Å². The first-order valence-corrected chi connectivity index (χ1v) is 10.2. The van der Waals surface area contributed by atoms with Gasteiger partial charge in [0, 0.05) is 41.6 Å². The molecule has 142 valence electrons. The van der Waals surface area contributed by atoms with Crippen LogP contribution in [0.2, 0.25) is 0 Å². The van der Waals surface area contributed by atoms with Crippen molar-refractivity contribution in [1.29, 1.82) is 0 Å². The normalized spacial score (nSPS) is 14.3. The molecule has 7 nitrogen and oxygen atoms in total. The second-order valence-electron chi connectivity index (χ2n) is 6.20. The lowest BCUT2D eigenvalue weighted by Gasteiger charge is -2.35. The third-order valence-corrected chi connectivity index (χ3v) is 6.04. The number of halogens is 1. The summed E-state index contributed by atoms with van der Waals surface area (Å²) in [5.74, 6) is 1.24. The van der Waals surface area contributed by atoms with Crippen molar-refractivity contribution in [3.05, 3.63) is 56.7 Å². The molecule has 0 N–H and O–H groups in total. The molecule has 0 radical (unpaired) electrons. The molecule has 1 amide bonds. The summed E-state index contributed by atoms with van der Waals surface area (Å²) in [7, 11) is 0. The lowest BCUT2D eigenvalue weighted by Crippen LogP contribution is -2.49. The van der Waals surface area contributed by atoms with E-state index in [1.54, 1.807) is 17.8 Å². The van der Waals surface area contributed by atoms with Crippen LogP contribution in [0.1, 0.15) is 5.56 Å². The van der Waals surface area contributed by atoms with Crippen LogP contribution in [0.4, 0.5) is 11.5 Å². The van der Waals surface area contributed by atoms with Crippen molar-refractivity contribution in [3.8, 4) is 0 Å². The summed E-state index contributed by atoms with van der Waals surface area (Å²) in [6, 6.07) is 9.16. The van der Waals surface area contributed by atoms with Gasteiger partial charge in [0.15, 0.2) is 0 Å². The lowest BCUT2D eigenvalue weighted by molar-refractivity contribution is -0.385. The van der Waals surface area contributed by atoms with Crippen molar-refractivity contribution >= 4 is 45.1 Å². The van der Waals surface area contributed by atoms with Crippen molar-refractivity contribution < 1.29 is 9.72 Å². The second-order valence-corrected chi connectivity index (χ2v) is 8.13. The van der Waals surface area contributed by atoms with Crippen LogP contribution in [0.25, 0.3) is 0 Å². The van der Waals surface area contributed by atoms with Gasteiger partial charge in [-0.2, -0.15) is 0 Å². The predicted molar refractivity (Wildman–Crippen MR) is 109 cm³/mol. The van der Waals surface area contributed by atoms with Crippen LogP contribution in [-0.4, -0.2) is 52.6 Å². The van der Waals surface area contributed by atoms with Crippen molar-refractivity contribution in [2.75, 3.05) is 36.8 Å². The highest BCUT2D eigenvalue weighted by Crippen LogP contribution is 2.26. The summed E-state index contributed by atoms with van der Waals surface area (Å²) >= 11 is 5.00. The zero-order valence-electron chi connectivity index (χ0n) is 14.8. The number of nitro groups is 1. The molecule has 0 spiro atoms. The number of anilines is 1. The van der Waals surface area contributed by atoms with Crippen molar-refractivity contribution in [2.24, 2.45) is 0 Å². The summed E-state index contributed by atoms with van der Waals surface area (Å²) < 4.78 is 1.03. The molecular weight excluding hydrogens is 432 g/mol. The SMILES string of the molecule is Cc1cc(Br)ccc1SCC(=O)N1CCN(c2ccc([N+](=O)[O-])cn2)CC1. The standard InChI is InChI=1S/C18H19BrN4O3S/c1-13-10-14(19)2-4-16(13)27-12-18(24)22-8-6-21(7-9-22)17-5-3-15(11-20-17)23(25)26/h2-5,10-11H,6-9,12H2,1H3. The second kappa shape index (κ2) is 8.71. The van der Waals surface area contributed by atoms with Crippen LogP contribution in [0.15, 0.2) is 45.9 Å². The molecule has 1 saturated heterocycles. The molecule has 0 aliphatic carbocycles. The van der Waals surface area contributed by atoms with Crippen LogP contribution in [0, 0.1) is 17.0 Å². The zero-order valence-corrected chi connectivity index (χ0v) is 17.2. The minimum absolute atomic E-state index is 0.0205. The molecule has 0 atom stereocenters. The molecule has 9 heteroatoms. The van der Waals surface area contributed by atoms with Crippen molar-refractivity contribution in [3.63, 3.8) is 0 Å². The van der Waals surface area contributed by atoms with E-state index < -0.39 is 4.92 Å². The predicted octanol–water partition coefficient (Wildman–Crippen LogP) is 3.50. The van der Waals surface area contributed by atoms with Crippen LogP contribution in [0.5, 0.6) is 0 Å². The summed E-state index contributed by atoms with van der Waals surface area (Å²) in [5.41, 5.74) is 1.13. The summed E-state index contributed by atoms with van der Waals surface area (Å²) in [6.45, 7) is 4.61. The van der Waals surface area contributed by atoms with E-state index in [1.165, 1.54) is 12.3 Å². The van der Waals surface area contributed by atoms with E-state index in [0.717, 1.165) is 14.9 Å². The van der Waals surface area contributed by atoms with E-state index in [4.69, 9.17) is 0 Å². The third-order valence-electron chi connectivity index (χ3n) is 4.39. The van der Waals surface area contributed by atoms with Gasteiger partial charge < -0.3 is 9.80 Å². The number of aromatic nitrogens is 1. The highest BCUT2D eigenvalue weighted by molar-refractivity contribution is 9.10. The Kier molecular flexibility index (Phi) is 6.33. The van der Waals surface area contributed by atoms with Crippen LogP contribution in [0.3, 0.4) is 0 Å². The smallest absolute Gasteiger partial charge is 0.287 e. The molecular formula is C18H19BrN4O3S. The average Bonchev–Trinajstić information content (AvgIpc) is 2.67. The topological polar surface area (TPSA) is 79.6 Å². The van der Waals surface area contributed by atoms with Crippen molar-refractivity contribution in [2.45, 2.75) is 11.8 Å². The molecule has 3 rings (SSSR count). The van der Waals surface area contributed by atoms with E-state index in [-0.39, 0.29) is 11.6 Å². The Morgan fingerprint density at radius 1 is 1.26 bits per heavy atom. The molecule has 1 aliphatic rings. The Balaban J connectivity index is 1.51. The number of benzene rings is 1. The number of nitrogens with zero attached hydrogens (tertiary/aromatic N) is 4. The number of thioether (sulfide) groups is 1. The maximum absolute atomic E-state index is 12.5. The first kappa shape index (κ1) is 19.6. The lowest BCUT2D eigenvalue weighted by atomic mass is 10.2. The number of pyridine rings is 1. The van der Waals surface area contributed by atoms with Crippen LogP contribution in [-0.2, 0) is 4.79 Å². The summed E-state index contributed by atoms with van der Waals surface area (Å²) in [5, 5.41) is 10.7. The van der Waals surface area contributed by atoms with Crippen molar-refractivity contribution in [1.82, 2.24) is 9.88 Å². The Morgan fingerprint density at radius 2 is 2.00 bits per heavy atom. The van der Waals surface area contributed by atoms with Crippen LogP contribution < -0.4 is 4.90 Å². The Bertz CT molecular complexity index is 839. The van der Waals surface area contributed by atoms with Gasteiger partial charge in [-0.05, 0) is 36.8 Å². The number of amides is 1. The Morgan fingerprint density at radius 3 is 2.59 bits per heavy atom. The monoisotopic (exact) mass is 450 g/mol. The summed E-state index contributed by atoms with van der Waals surface area (Å²) in [6.07, 6.45) is 1.27. The van der Waals surface area contributed by atoms with E-state index in [1.807, 2.05) is 34.9 Å². The fourth-order valence-electron chi connectivity index (χ4n) is 2.86.